The number of nitrogens with one attached hydrogen (secondary N) is 2. The standard InChI is InChI=1S/C18H25FN4O/c1-13-11-23(12-14(2)24-13)8-7-20-9-16-10-21-22-18(16)15-3-5-17(19)6-4-15/h3-6,10,13-14,20H,7-9,11-12H2,1-2H3,(H,21,22)/t13-,14+. The van der Waals surface area contributed by atoms with Crippen molar-refractivity contribution < 1.29 is 9.13 Å². The van der Waals surface area contributed by atoms with Crippen molar-refractivity contribution in [3.63, 3.8) is 0 Å². The summed E-state index contributed by atoms with van der Waals surface area (Å²) in [5.41, 5.74) is 2.97. The Hall–Kier alpha value is -1.76. The van der Waals surface area contributed by atoms with E-state index < -0.39 is 0 Å². The summed E-state index contributed by atoms with van der Waals surface area (Å²) < 4.78 is 18.8. The van der Waals surface area contributed by atoms with Crippen LogP contribution < -0.4 is 5.32 Å². The third-order valence-electron chi connectivity index (χ3n) is 4.27. The van der Waals surface area contributed by atoms with E-state index in [1.165, 1.54) is 12.1 Å². The Morgan fingerprint density at radius 1 is 1.25 bits per heavy atom. The highest BCUT2D eigenvalue weighted by atomic mass is 19.1. The molecule has 130 valence electrons. The number of hydrogen-bond acceptors (Lipinski definition) is 4. The molecule has 0 spiro atoms. The number of nitrogens with zero attached hydrogens (tertiary/aromatic N) is 2. The Kier molecular flexibility index (Phi) is 5.60. The summed E-state index contributed by atoms with van der Waals surface area (Å²) in [7, 11) is 0. The van der Waals surface area contributed by atoms with Crippen molar-refractivity contribution in [3.05, 3.63) is 41.8 Å². The molecule has 24 heavy (non-hydrogen) atoms. The highest BCUT2D eigenvalue weighted by Crippen LogP contribution is 2.21. The van der Waals surface area contributed by atoms with Crippen molar-refractivity contribution in [3.8, 4) is 11.3 Å². The quantitative estimate of drug-likeness (QED) is 0.798. The van der Waals surface area contributed by atoms with Crippen molar-refractivity contribution in [2.45, 2.75) is 32.6 Å². The molecule has 3 rings (SSSR count). The van der Waals surface area contributed by atoms with Gasteiger partial charge >= 0.3 is 0 Å². The molecule has 2 heterocycles. The summed E-state index contributed by atoms with van der Waals surface area (Å²) >= 11 is 0. The highest BCUT2D eigenvalue weighted by molar-refractivity contribution is 5.62. The maximum atomic E-state index is 13.1. The Bertz CT molecular complexity index is 633. The van der Waals surface area contributed by atoms with E-state index in [1.807, 2.05) is 6.20 Å². The summed E-state index contributed by atoms with van der Waals surface area (Å²) in [5, 5.41) is 10.6. The first-order valence-electron chi connectivity index (χ1n) is 8.48. The van der Waals surface area contributed by atoms with Crippen LogP contribution in [0.25, 0.3) is 11.3 Å². The number of benzene rings is 1. The molecule has 0 radical (unpaired) electrons. The molecule has 1 aliphatic heterocycles. The van der Waals surface area contributed by atoms with Crippen LogP contribution in [0.5, 0.6) is 0 Å². The van der Waals surface area contributed by atoms with Gasteiger partial charge in [0.2, 0.25) is 0 Å². The SMILES string of the molecule is C[C@@H]1CN(CCNCc2cn[nH]c2-c2ccc(F)cc2)C[C@H](C)O1. The lowest BCUT2D eigenvalue weighted by Gasteiger charge is -2.35. The lowest BCUT2D eigenvalue weighted by Crippen LogP contribution is -2.47. The molecule has 5 nitrogen and oxygen atoms in total. The predicted octanol–water partition coefficient (Wildman–Crippen LogP) is 2.41. The largest absolute Gasteiger partial charge is 0.373 e. The van der Waals surface area contributed by atoms with Gasteiger partial charge in [-0.25, -0.2) is 4.39 Å². The van der Waals surface area contributed by atoms with Crippen molar-refractivity contribution in [1.29, 1.82) is 0 Å². The van der Waals surface area contributed by atoms with E-state index in [0.29, 0.717) is 12.2 Å². The molecule has 1 aliphatic rings. The number of ether oxygens (including phenoxy) is 1. The Morgan fingerprint density at radius 3 is 2.67 bits per heavy atom. The van der Waals surface area contributed by atoms with Gasteiger partial charge in [0, 0.05) is 43.9 Å². The van der Waals surface area contributed by atoms with Crippen LogP contribution in [0.3, 0.4) is 0 Å². The van der Waals surface area contributed by atoms with E-state index in [-0.39, 0.29) is 5.82 Å². The number of morpholine rings is 1. The summed E-state index contributed by atoms with van der Waals surface area (Å²) in [4.78, 5) is 2.43. The molecule has 1 saturated heterocycles. The third kappa shape index (κ3) is 4.41. The Labute approximate surface area is 142 Å². The van der Waals surface area contributed by atoms with Gasteiger partial charge in [-0.15, -0.1) is 0 Å². The third-order valence-corrected chi connectivity index (χ3v) is 4.27. The van der Waals surface area contributed by atoms with Crippen LogP contribution in [0.2, 0.25) is 0 Å². The molecule has 1 aromatic heterocycles. The molecule has 0 unspecified atom stereocenters. The van der Waals surface area contributed by atoms with Gasteiger partial charge in [0.05, 0.1) is 24.1 Å². The average Bonchev–Trinajstić information content (AvgIpc) is 3.00. The minimum Gasteiger partial charge on any atom is -0.373 e. The fourth-order valence-corrected chi connectivity index (χ4v) is 3.24. The van der Waals surface area contributed by atoms with Crippen LogP contribution in [0.15, 0.2) is 30.5 Å². The van der Waals surface area contributed by atoms with Crippen LogP contribution in [0.1, 0.15) is 19.4 Å². The van der Waals surface area contributed by atoms with Crippen LogP contribution in [0.4, 0.5) is 4.39 Å². The van der Waals surface area contributed by atoms with Gasteiger partial charge in [-0.2, -0.15) is 5.10 Å². The van der Waals surface area contributed by atoms with Gasteiger partial charge in [0.1, 0.15) is 5.82 Å². The van der Waals surface area contributed by atoms with Gasteiger partial charge in [-0.05, 0) is 38.1 Å². The van der Waals surface area contributed by atoms with Crippen LogP contribution >= 0.6 is 0 Å². The van der Waals surface area contributed by atoms with Crippen molar-refractivity contribution in [2.75, 3.05) is 26.2 Å². The molecule has 1 aromatic carbocycles. The second-order valence-electron chi connectivity index (χ2n) is 6.47. The smallest absolute Gasteiger partial charge is 0.123 e. The van der Waals surface area contributed by atoms with Gasteiger partial charge in [0.15, 0.2) is 0 Å². The zero-order valence-electron chi connectivity index (χ0n) is 14.3. The van der Waals surface area contributed by atoms with Crippen LogP contribution in [-0.4, -0.2) is 53.5 Å². The number of H-pyrrole nitrogens is 1. The topological polar surface area (TPSA) is 53.2 Å². The molecule has 0 aliphatic carbocycles. The van der Waals surface area contributed by atoms with E-state index in [4.69, 9.17) is 4.74 Å². The molecule has 2 aromatic rings. The molecular formula is C18H25FN4O. The first kappa shape index (κ1) is 17.1. The zero-order chi connectivity index (χ0) is 16.9. The van der Waals surface area contributed by atoms with Crippen molar-refractivity contribution >= 4 is 0 Å². The molecule has 0 bridgehead atoms. The van der Waals surface area contributed by atoms with E-state index in [9.17, 15) is 4.39 Å². The fraction of sp³-hybridized carbons (Fsp3) is 0.500. The van der Waals surface area contributed by atoms with E-state index >= 15 is 0 Å². The molecule has 2 N–H and O–H groups in total. The maximum Gasteiger partial charge on any atom is 0.123 e. The second-order valence-corrected chi connectivity index (χ2v) is 6.47. The predicted molar refractivity (Wildman–Crippen MR) is 92.1 cm³/mol. The van der Waals surface area contributed by atoms with Crippen LogP contribution in [-0.2, 0) is 11.3 Å². The second kappa shape index (κ2) is 7.88. The number of halogens is 1. The molecular weight excluding hydrogens is 307 g/mol. The first-order valence-corrected chi connectivity index (χ1v) is 8.48. The summed E-state index contributed by atoms with van der Waals surface area (Å²) in [5.74, 6) is -0.230. The Morgan fingerprint density at radius 2 is 1.96 bits per heavy atom. The minimum absolute atomic E-state index is 0.230. The number of aromatic amines is 1. The van der Waals surface area contributed by atoms with Crippen molar-refractivity contribution in [1.82, 2.24) is 20.4 Å². The molecule has 6 heteroatoms. The summed E-state index contributed by atoms with van der Waals surface area (Å²) in [6, 6.07) is 6.47. The van der Waals surface area contributed by atoms with Crippen LogP contribution in [0, 0.1) is 5.82 Å². The fourth-order valence-electron chi connectivity index (χ4n) is 3.24. The lowest BCUT2D eigenvalue weighted by atomic mass is 10.1. The number of rotatable bonds is 6. The maximum absolute atomic E-state index is 13.1. The molecule has 0 saturated carbocycles. The number of aromatic nitrogens is 2. The minimum atomic E-state index is -0.230. The number of hydrogen-bond donors (Lipinski definition) is 2. The Balaban J connectivity index is 1.49. The zero-order valence-corrected chi connectivity index (χ0v) is 14.3. The first-order chi connectivity index (χ1) is 11.6. The monoisotopic (exact) mass is 332 g/mol. The summed E-state index contributed by atoms with van der Waals surface area (Å²) in [6.07, 6.45) is 2.42. The summed E-state index contributed by atoms with van der Waals surface area (Å²) in [6.45, 7) is 8.86. The van der Waals surface area contributed by atoms with Gasteiger partial charge < -0.3 is 10.1 Å². The van der Waals surface area contributed by atoms with Gasteiger partial charge in [-0.1, -0.05) is 0 Å². The van der Waals surface area contributed by atoms with E-state index in [0.717, 1.165) is 49.5 Å². The molecule has 2 atom stereocenters. The van der Waals surface area contributed by atoms with Gasteiger partial charge in [-0.3, -0.25) is 10.00 Å². The van der Waals surface area contributed by atoms with Crippen molar-refractivity contribution in [2.24, 2.45) is 0 Å². The average molecular weight is 332 g/mol. The highest BCUT2D eigenvalue weighted by Gasteiger charge is 2.21. The van der Waals surface area contributed by atoms with E-state index in [1.54, 1.807) is 12.1 Å². The molecule has 1 fully saturated rings. The van der Waals surface area contributed by atoms with Gasteiger partial charge in [0.25, 0.3) is 0 Å². The lowest BCUT2D eigenvalue weighted by molar-refractivity contribution is -0.0674. The molecule has 0 amide bonds. The van der Waals surface area contributed by atoms with E-state index in [2.05, 4.69) is 34.3 Å². The normalized spacial score (nSPS) is 22.0.